The van der Waals surface area contributed by atoms with Gasteiger partial charge in [-0.15, -0.1) is 0 Å². The Morgan fingerprint density at radius 3 is 1.69 bits per heavy atom. The summed E-state index contributed by atoms with van der Waals surface area (Å²) in [5.74, 6) is 0.670. The van der Waals surface area contributed by atoms with Gasteiger partial charge in [-0.2, -0.15) is 0 Å². The van der Waals surface area contributed by atoms with Gasteiger partial charge in [-0.1, -0.05) is 81.6 Å². The summed E-state index contributed by atoms with van der Waals surface area (Å²) >= 11 is 0. The summed E-state index contributed by atoms with van der Waals surface area (Å²) in [5.41, 5.74) is 2.61. The number of aliphatic hydroxyl groups excluding tert-OH is 1. The molecule has 0 unspecified atom stereocenters. The molecule has 0 spiro atoms. The summed E-state index contributed by atoms with van der Waals surface area (Å²) in [6, 6.07) is 7.81. The Morgan fingerprint density at radius 1 is 0.769 bits per heavy atom. The van der Waals surface area contributed by atoms with E-state index in [0.717, 1.165) is 12.8 Å². The molecule has 0 bridgehead atoms. The second kappa shape index (κ2) is 10.4. The first-order valence-corrected chi connectivity index (χ1v) is 10.4. The molecule has 0 radical (unpaired) electrons. The van der Waals surface area contributed by atoms with E-state index in [0.29, 0.717) is 11.5 Å². The molecule has 144 valence electrons. The van der Waals surface area contributed by atoms with Crippen LogP contribution in [0, 0.1) is 0 Å². The molecule has 0 atom stereocenters. The van der Waals surface area contributed by atoms with E-state index in [4.69, 9.17) is 0 Å². The lowest BCUT2D eigenvalue weighted by atomic mass is 9.67. The van der Waals surface area contributed by atoms with Crippen LogP contribution in [0.25, 0.3) is 0 Å². The van der Waals surface area contributed by atoms with E-state index in [1.54, 1.807) is 6.92 Å². The first-order valence-electron chi connectivity index (χ1n) is 10.4. The molecule has 1 aromatic carbocycles. The highest BCUT2D eigenvalue weighted by atomic mass is 16.3. The van der Waals surface area contributed by atoms with Gasteiger partial charge in [0.1, 0.15) is 5.75 Å². The molecular weight excluding hydrogens is 320 g/mol. The van der Waals surface area contributed by atoms with Crippen LogP contribution in [0.2, 0.25) is 0 Å². The van der Waals surface area contributed by atoms with E-state index in [1.807, 2.05) is 18.2 Å². The van der Waals surface area contributed by atoms with Crippen LogP contribution in [0.3, 0.4) is 0 Å². The smallest absolute Gasteiger partial charge is 0.115 e. The highest BCUT2D eigenvalue weighted by Gasteiger charge is 2.33. The molecule has 0 aromatic heterocycles. The minimum absolute atomic E-state index is 0.00114. The van der Waals surface area contributed by atoms with Gasteiger partial charge in [0.25, 0.3) is 0 Å². The van der Waals surface area contributed by atoms with Crippen molar-refractivity contribution < 1.29 is 10.2 Å². The quantitative estimate of drug-likeness (QED) is 0.439. The van der Waals surface area contributed by atoms with Gasteiger partial charge in [-0.3, -0.25) is 0 Å². The van der Waals surface area contributed by atoms with Crippen molar-refractivity contribution >= 4 is 0 Å². The molecular formula is C24H36O2. The molecule has 2 N–H and O–H groups in total. The number of phenols is 1. The molecule has 2 rings (SSSR count). The molecule has 1 aromatic rings. The summed E-state index contributed by atoms with van der Waals surface area (Å²) in [5, 5.41) is 19.4. The third kappa shape index (κ3) is 5.93. The Hall–Kier alpha value is -1.70. The van der Waals surface area contributed by atoms with Crippen molar-refractivity contribution in [2.45, 2.75) is 89.9 Å². The third-order valence-electron chi connectivity index (χ3n) is 5.96. The number of aromatic hydroxyl groups is 1. The Balaban J connectivity index is 2.38. The Morgan fingerprint density at radius 2 is 1.23 bits per heavy atom. The minimum Gasteiger partial charge on any atom is -0.513 e. The average molecular weight is 357 g/mol. The Labute approximate surface area is 159 Å². The zero-order chi connectivity index (χ0) is 18.8. The van der Waals surface area contributed by atoms with E-state index in [9.17, 15) is 10.2 Å². The first-order chi connectivity index (χ1) is 12.5. The maximum Gasteiger partial charge on any atom is 0.115 e. The van der Waals surface area contributed by atoms with Crippen molar-refractivity contribution in [3.63, 3.8) is 0 Å². The lowest BCUT2D eigenvalue weighted by Crippen LogP contribution is -2.28. The van der Waals surface area contributed by atoms with Gasteiger partial charge in [-0.05, 0) is 50.5 Å². The number of allylic oxidation sites excluding steroid dienone is 4. The lowest BCUT2D eigenvalue weighted by molar-refractivity contribution is 0.375. The molecule has 1 saturated carbocycles. The van der Waals surface area contributed by atoms with E-state index in [1.165, 1.54) is 68.9 Å². The number of phenolic OH excluding ortho intramolecular Hbond substituents is 1. The minimum atomic E-state index is -0.00114. The van der Waals surface area contributed by atoms with Crippen LogP contribution >= 0.6 is 0 Å². The highest BCUT2D eigenvalue weighted by molar-refractivity contribution is 5.40. The van der Waals surface area contributed by atoms with E-state index in [-0.39, 0.29) is 5.41 Å². The zero-order valence-electron chi connectivity index (χ0n) is 16.6. The van der Waals surface area contributed by atoms with E-state index < -0.39 is 0 Å². The fraction of sp³-hybridized carbons (Fsp3) is 0.583. The second-order valence-corrected chi connectivity index (χ2v) is 7.97. The van der Waals surface area contributed by atoms with Crippen molar-refractivity contribution in [3.8, 4) is 5.75 Å². The largest absolute Gasteiger partial charge is 0.513 e. The molecule has 0 saturated heterocycles. The average Bonchev–Trinajstić information content (AvgIpc) is 2.61. The maximum atomic E-state index is 9.75. The van der Waals surface area contributed by atoms with Gasteiger partial charge in [0.15, 0.2) is 0 Å². The van der Waals surface area contributed by atoms with Crippen molar-refractivity contribution in [2.24, 2.45) is 0 Å². The van der Waals surface area contributed by atoms with Crippen molar-refractivity contribution in [3.05, 3.63) is 53.3 Å². The van der Waals surface area contributed by atoms with Crippen molar-refractivity contribution in [1.82, 2.24) is 0 Å². The molecule has 1 fully saturated rings. The fourth-order valence-electron chi connectivity index (χ4n) is 4.31. The first kappa shape index (κ1) is 20.6. The lowest BCUT2D eigenvalue weighted by Gasteiger charge is -2.37. The molecule has 2 heteroatoms. The predicted octanol–water partition coefficient (Wildman–Crippen LogP) is 7.34. The second-order valence-electron chi connectivity index (χ2n) is 7.97. The summed E-state index contributed by atoms with van der Waals surface area (Å²) in [6.45, 7) is 3.93. The van der Waals surface area contributed by atoms with E-state index >= 15 is 0 Å². The number of hydrogen-bond donors (Lipinski definition) is 2. The molecule has 26 heavy (non-hydrogen) atoms. The monoisotopic (exact) mass is 356 g/mol. The molecule has 0 amide bonds. The van der Waals surface area contributed by atoms with Gasteiger partial charge in [0.05, 0.1) is 5.76 Å². The molecule has 1 aliphatic rings. The topological polar surface area (TPSA) is 40.5 Å². The van der Waals surface area contributed by atoms with Crippen LogP contribution in [0.5, 0.6) is 5.75 Å². The number of benzene rings is 1. The molecule has 2 nitrogen and oxygen atoms in total. The van der Waals surface area contributed by atoms with Crippen LogP contribution in [-0.4, -0.2) is 10.2 Å². The van der Waals surface area contributed by atoms with Crippen LogP contribution in [0.4, 0.5) is 0 Å². The summed E-state index contributed by atoms with van der Waals surface area (Å²) in [7, 11) is 0. The molecule has 0 aliphatic heterocycles. The number of rotatable bonds is 3. The SMILES string of the molecule is C/C(O)=C\C=C(/C)C1(c2ccc(O)cc2)CCCCCCCCCCC1. The summed E-state index contributed by atoms with van der Waals surface area (Å²) in [4.78, 5) is 0. The number of hydrogen-bond acceptors (Lipinski definition) is 2. The standard InChI is InChI=1S/C24H36O2/c1-20(12-13-21(2)25)24(22-14-16-23(26)17-15-22)18-10-8-6-4-3-5-7-9-11-19-24/h12-17,25-26H,3-11,18-19H2,1-2H3/b20-12+,21-13+. The normalized spacial score (nSPS) is 20.8. The van der Waals surface area contributed by atoms with E-state index in [2.05, 4.69) is 25.1 Å². The van der Waals surface area contributed by atoms with Crippen LogP contribution in [0.15, 0.2) is 47.7 Å². The summed E-state index contributed by atoms with van der Waals surface area (Å²) < 4.78 is 0. The maximum absolute atomic E-state index is 9.75. The highest BCUT2D eigenvalue weighted by Crippen LogP contribution is 2.43. The predicted molar refractivity (Wildman–Crippen MR) is 111 cm³/mol. The zero-order valence-corrected chi connectivity index (χ0v) is 16.6. The Bertz CT molecular complexity index is 579. The third-order valence-corrected chi connectivity index (χ3v) is 5.96. The van der Waals surface area contributed by atoms with Gasteiger partial charge >= 0.3 is 0 Å². The number of aliphatic hydroxyl groups is 1. The van der Waals surface area contributed by atoms with Gasteiger partial charge in [-0.25, -0.2) is 0 Å². The fourth-order valence-corrected chi connectivity index (χ4v) is 4.31. The molecule has 0 heterocycles. The van der Waals surface area contributed by atoms with Crippen LogP contribution < -0.4 is 0 Å². The van der Waals surface area contributed by atoms with Crippen LogP contribution in [-0.2, 0) is 5.41 Å². The van der Waals surface area contributed by atoms with Gasteiger partial charge in [0.2, 0.25) is 0 Å². The van der Waals surface area contributed by atoms with Crippen LogP contribution in [0.1, 0.15) is 90.0 Å². The van der Waals surface area contributed by atoms with Gasteiger partial charge < -0.3 is 10.2 Å². The van der Waals surface area contributed by atoms with Crippen molar-refractivity contribution in [1.29, 1.82) is 0 Å². The summed E-state index contributed by atoms with van der Waals surface area (Å²) in [6.07, 6.45) is 18.0. The Kier molecular flexibility index (Phi) is 8.28. The van der Waals surface area contributed by atoms with Gasteiger partial charge in [0, 0.05) is 5.41 Å². The van der Waals surface area contributed by atoms with Crippen molar-refractivity contribution in [2.75, 3.05) is 0 Å². The molecule has 1 aliphatic carbocycles.